The Balaban J connectivity index is 0.912. The summed E-state index contributed by atoms with van der Waals surface area (Å²) in [6, 6.07) is 5.61. The molecule has 4 saturated carbocycles. The Labute approximate surface area is 659 Å². The standard InChI is InChI=1S/C79H85ClN10O25/c1-31(2)15-50(89(4)78(106)111-30-33-5-10-42(11-6-33)90(109)110)71(100)87-62-64(94)37-8-13-51(32(3)16-37)112-53-24-41-25-54(69(53)115-77-68(98)67(97)66(96)55(29-91)114-77)113-52-14-9-38(23-48(52)80)65(95)63-76(105)86-61(74(103)83-58-39-18-34-17-35(20-39)21-40(58)19-34)45-26-43(92)27-47-57(45)44-22-36(7-12-46(44)79(47,107)108)59(72(101)88-63)85-73(102)60(41)84-70(99)49(28-56(81)93)82-75(62)104/h5-14,16,22-27,31,34-35,39-40,49-50,55,58-68,77,91-92,94-98,107-108H,15,17-21,28-30H2,1-4H3,(H2,81,93)(H,82,104)(H,83,103)(H,84,99)(H,85,102)(H,86,105)(H,87,100)(H,88,101)/t34?,35?,39?,40?,49-,50+,55+,58?,59+,60+,61-,62+,63-,64+,65+,66+,67-,68+,77-/m0/s1. The summed E-state index contributed by atoms with van der Waals surface area (Å²) < 4.78 is 31.0. The highest BCUT2D eigenvalue weighted by atomic mass is 35.5. The first-order valence-electron chi connectivity index (χ1n) is 37.4. The van der Waals surface area contributed by atoms with Crippen LogP contribution < -0.4 is 57.2 Å². The molecule has 36 heteroatoms. The fourth-order valence-corrected chi connectivity index (χ4v) is 17.5. The number of aryl methyl sites for hydroxylation is 1. The summed E-state index contributed by atoms with van der Waals surface area (Å²) in [5, 5.41) is 135. The third-order valence-electron chi connectivity index (χ3n) is 22.9. The molecule has 6 heterocycles. The number of aliphatic hydroxyl groups is 8. The predicted molar refractivity (Wildman–Crippen MR) is 398 cm³/mol. The fraction of sp³-hybridized carbons (Fsp3) is 0.430. The van der Waals surface area contributed by atoms with Crippen LogP contribution in [0.5, 0.6) is 34.5 Å². The zero-order valence-corrected chi connectivity index (χ0v) is 62.9. The number of primary amides is 1. The van der Waals surface area contributed by atoms with Crippen LogP contribution in [0, 0.1) is 46.6 Å². The molecule has 35 nitrogen and oxygen atoms in total. The Bertz CT molecular complexity index is 4900. The highest BCUT2D eigenvalue weighted by Crippen LogP contribution is 2.56. The molecule has 9 amide bonds. The summed E-state index contributed by atoms with van der Waals surface area (Å²) in [5.41, 5.74) is 4.00. The van der Waals surface area contributed by atoms with Crippen molar-refractivity contribution in [3.05, 3.63) is 168 Å². The molecule has 608 valence electrons. The van der Waals surface area contributed by atoms with Crippen LogP contribution in [0.3, 0.4) is 0 Å². The predicted octanol–water partition coefficient (Wildman–Crippen LogP) is 2.43. The zero-order valence-electron chi connectivity index (χ0n) is 62.1. The lowest BCUT2D eigenvalue weighted by Crippen LogP contribution is -2.60. The highest BCUT2D eigenvalue weighted by molar-refractivity contribution is 6.32. The van der Waals surface area contributed by atoms with Gasteiger partial charge in [0.2, 0.25) is 65.1 Å². The van der Waals surface area contributed by atoms with Crippen molar-refractivity contribution in [2.75, 3.05) is 13.7 Å². The van der Waals surface area contributed by atoms with Crippen molar-refractivity contribution in [1.29, 1.82) is 0 Å². The van der Waals surface area contributed by atoms with Crippen molar-refractivity contribution in [2.45, 2.75) is 169 Å². The second-order valence-electron chi connectivity index (χ2n) is 31.1. The van der Waals surface area contributed by atoms with Gasteiger partial charge in [-0.25, -0.2) is 4.79 Å². The molecule has 5 aliphatic carbocycles. The number of benzene rings is 6. The van der Waals surface area contributed by atoms with Crippen molar-refractivity contribution >= 4 is 70.6 Å². The molecule has 0 unspecified atom stereocenters. The van der Waals surface area contributed by atoms with Gasteiger partial charge in [0.05, 0.1) is 23.0 Å². The third kappa shape index (κ3) is 15.9. The number of carbonyl (C=O) groups is 9. The normalized spacial score (nSPS) is 28.6. The van der Waals surface area contributed by atoms with Gasteiger partial charge in [-0.3, -0.25) is 53.4 Å². The van der Waals surface area contributed by atoms with Crippen LogP contribution in [-0.2, 0) is 60.2 Å². The molecule has 17 rings (SSSR count). The summed E-state index contributed by atoms with van der Waals surface area (Å²) >= 11 is 7.14. The SMILES string of the molecule is Cc1cc2ccc1Oc1cc3cc(c1O[C@@H]1O[C@H](CO)[C@@H](O)[C@H](O)[C@H]1O)Oc1ccc(cc1Cl)[C@@H](O)[C@@H]1NC(=O)[C@H](NC(=O)[C@@H]3NC(=O)[C@H](CC(N)=O)NC(=O)[C@H](NC(=O)[C@@H](CC(C)C)N(C)C(=O)OCc3ccc([N+](=O)[O-])cc3)[C@@H]2O)c2ccc3c(c2)-c2c(cc(O)cc2C3(O)O)[C@@H](C(=O)NC2C3CC4CC(C3)CC2C4)NC1=O. The average Bonchev–Trinajstić information content (AvgIpc) is 1.56. The molecule has 6 aromatic rings. The number of aliphatic hydroxyl groups excluding tert-OH is 6. The molecule has 11 aliphatic rings. The van der Waals surface area contributed by atoms with E-state index in [0.29, 0.717) is 17.4 Å². The third-order valence-corrected chi connectivity index (χ3v) is 23.2. The second-order valence-corrected chi connectivity index (χ2v) is 31.5. The lowest BCUT2D eigenvalue weighted by molar-refractivity contribution is -0.384. The van der Waals surface area contributed by atoms with Crippen LogP contribution >= 0.6 is 11.6 Å². The van der Waals surface area contributed by atoms with Gasteiger partial charge in [0.1, 0.15) is 103 Å². The first-order valence-corrected chi connectivity index (χ1v) is 37.8. The van der Waals surface area contributed by atoms with Gasteiger partial charge in [0.15, 0.2) is 11.5 Å². The fourth-order valence-electron chi connectivity index (χ4n) is 17.2. The van der Waals surface area contributed by atoms with Gasteiger partial charge in [-0.2, -0.15) is 0 Å². The summed E-state index contributed by atoms with van der Waals surface area (Å²) in [7, 11) is 1.21. The number of ether oxygens (including phenoxy) is 5. The van der Waals surface area contributed by atoms with Crippen molar-refractivity contribution in [1.82, 2.24) is 42.1 Å². The topological polar surface area (TPSA) is 538 Å². The largest absolute Gasteiger partial charge is 0.508 e. The molecule has 1 saturated heterocycles. The zero-order chi connectivity index (χ0) is 82.2. The Kier molecular flexibility index (Phi) is 22.3. The minimum atomic E-state index is -2.97. The summed E-state index contributed by atoms with van der Waals surface area (Å²) in [6.45, 7) is 3.51. The van der Waals surface area contributed by atoms with Gasteiger partial charge in [0.25, 0.3) is 5.69 Å². The van der Waals surface area contributed by atoms with Crippen molar-refractivity contribution < 1.29 is 118 Å². The maximum Gasteiger partial charge on any atom is 0.410 e. The number of halogens is 1. The van der Waals surface area contributed by atoms with Crippen LogP contribution in [0.25, 0.3) is 11.1 Å². The number of hydrogen-bond donors (Lipinski definition) is 17. The van der Waals surface area contributed by atoms with E-state index in [-0.39, 0.29) is 102 Å². The molecule has 6 aromatic carbocycles. The minimum absolute atomic E-state index is 0.0777. The Hall–Kier alpha value is -11.1. The number of nitrogens with two attached hydrogens (primary N) is 1. The van der Waals surface area contributed by atoms with E-state index in [1.54, 1.807) is 13.8 Å². The van der Waals surface area contributed by atoms with E-state index in [0.717, 1.165) is 67.3 Å². The van der Waals surface area contributed by atoms with Gasteiger partial charge >= 0.3 is 6.09 Å². The lowest BCUT2D eigenvalue weighted by Gasteiger charge is -2.54. The molecular weight excluding hydrogens is 1520 g/mol. The molecule has 0 aromatic heterocycles. The van der Waals surface area contributed by atoms with Gasteiger partial charge in [-0.15, -0.1) is 0 Å². The smallest absolute Gasteiger partial charge is 0.410 e. The van der Waals surface area contributed by atoms with Crippen LogP contribution in [0.15, 0.2) is 103 Å². The molecule has 18 N–H and O–H groups in total. The summed E-state index contributed by atoms with van der Waals surface area (Å²) in [6.07, 6.45) is -12.0. The van der Waals surface area contributed by atoms with Gasteiger partial charge in [-0.05, 0) is 192 Å². The number of nitro groups is 1. The second kappa shape index (κ2) is 31.9. The van der Waals surface area contributed by atoms with Crippen LogP contribution in [0.2, 0.25) is 5.02 Å². The van der Waals surface area contributed by atoms with E-state index >= 15 is 28.8 Å². The average molecular weight is 1610 g/mol. The summed E-state index contributed by atoms with van der Waals surface area (Å²) in [5.74, 6) is -15.1. The van der Waals surface area contributed by atoms with Crippen molar-refractivity contribution in [3.63, 3.8) is 0 Å². The van der Waals surface area contributed by atoms with Gasteiger partial charge < -0.3 is 113 Å². The number of amides is 9. The quantitative estimate of drug-likeness (QED) is 0.0399. The Morgan fingerprint density at radius 3 is 1.96 bits per heavy atom. The number of hydrogen-bond acceptors (Lipinski definition) is 25. The number of rotatable bonds is 15. The van der Waals surface area contributed by atoms with E-state index in [1.807, 2.05) is 0 Å². The van der Waals surface area contributed by atoms with E-state index in [9.17, 15) is 70.5 Å². The molecule has 5 fully saturated rings. The molecular formula is C79H85ClN10O25. The lowest BCUT2D eigenvalue weighted by atomic mass is 9.54. The molecule has 6 aliphatic heterocycles. The van der Waals surface area contributed by atoms with Crippen molar-refractivity contribution in [3.8, 4) is 45.6 Å². The number of carbonyl (C=O) groups excluding carboxylic acids is 9. The van der Waals surface area contributed by atoms with E-state index in [2.05, 4.69) is 37.2 Å². The number of nitro benzene ring substituents is 1. The van der Waals surface area contributed by atoms with E-state index in [1.165, 1.54) is 86.8 Å². The monoisotopic (exact) mass is 1610 g/mol. The first kappa shape index (κ1) is 80.5. The number of phenols is 1. The van der Waals surface area contributed by atoms with Gasteiger partial charge in [0, 0.05) is 36.3 Å². The number of non-ortho nitro benzene ring substituents is 1. The summed E-state index contributed by atoms with van der Waals surface area (Å²) in [4.78, 5) is 148. The molecule has 15 bridgehead atoms. The van der Waals surface area contributed by atoms with Crippen molar-refractivity contribution in [2.24, 2.45) is 35.3 Å². The van der Waals surface area contributed by atoms with Crippen LogP contribution in [0.4, 0.5) is 10.5 Å². The molecule has 0 spiro atoms. The Morgan fingerprint density at radius 1 is 0.696 bits per heavy atom. The minimum Gasteiger partial charge on any atom is -0.508 e. The maximum absolute atomic E-state index is 16.3. The highest BCUT2D eigenvalue weighted by Gasteiger charge is 2.52. The van der Waals surface area contributed by atoms with Crippen LogP contribution in [0.1, 0.15) is 139 Å². The molecule has 0 radical (unpaired) electrons. The number of nitrogens with zero attached hydrogens (tertiary/aromatic N) is 2. The van der Waals surface area contributed by atoms with Gasteiger partial charge in [-0.1, -0.05) is 49.7 Å². The molecule has 115 heavy (non-hydrogen) atoms. The van der Waals surface area contributed by atoms with E-state index < -0.39 is 197 Å². The molecule has 14 atom stereocenters. The van der Waals surface area contributed by atoms with E-state index in [4.69, 9.17) is 41.0 Å². The number of nitrogens with one attached hydrogen (secondary N) is 7. The number of likely N-dealkylation sites (N-methyl/N-ethyl adjacent to an activating group) is 1. The number of phenolic OH excluding ortho intramolecular Hbond substituents is 1. The van der Waals surface area contributed by atoms with Crippen LogP contribution in [-0.4, -0.2) is 184 Å². The number of aromatic hydroxyl groups is 1. The Morgan fingerprint density at radius 2 is 1.32 bits per heavy atom. The maximum atomic E-state index is 16.3. The first-order chi connectivity index (χ1) is 54.6. The number of fused-ring (bicyclic) bond motifs is 12.